The average Bonchev–Trinajstić information content (AvgIpc) is 3.37. The maximum atomic E-state index is 13.4. The molecule has 0 aliphatic heterocycles. The van der Waals surface area contributed by atoms with Crippen LogP contribution in [-0.4, -0.2) is 36.4 Å². The summed E-state index contributed by atoms with van der Waals surface area (Å²) >= 11 is 0. The van der Waals surface area contributed by atoms with Crippen molar-refractivity contribution in [3.63, 3.8) is 0 Å². The Morgan fingerprint density at radius 1 is 1.12 bits per heavy atom. The zero-order valence-corrected chi connectivity index (χ0v) is 18.6. The molecule has 0 fully saturated rings. The minimum atomic E-state index is -0.352. The van der Waals surface area contributed by atoms with E-state index in [1.807, 2.05) is 42.1 Å². The Hall–Kier alpha value is -4.27. The smallest absolute Gasteiger partial charge is 0.264 e. The van der Waals surface area contributed by atoms with Crippen LogP contribution in [0.2, 0.25) is 0 Å². The summed E-state index contributed by atoms with van der Waals surface area (Å²) in [5.41, 5.74) is 2.93. The van der Waals surface area contributed by atoms with E-state index in [1.54, 1.807) is 16.8 Å². The van der Waals surface area contributed by atoms with Crippen molar-refractivity contribution in [2.75, 3.05) is 6.54 Å². The molecule has 0 atom stereocenters. The number of aryl methyl sites for hydroxylation is 1. The van der Waals surface area contributed by atoms with Gasteiger partial charge in [0, 0.05) is 30.7 Å². The van der Waals surface area contributed by atoms with E-state index >= 15 is 0 Å². The molecule has 5 aromatic rings. The van der Waals surface area contributed by atoms with Crippen LogP contribution < -0.4 is 10.9 Å². The van der Waals surface area contributed by atoms with E-state index in [1.165, 1.54) is 29.2 Å². The van der Waals surface area contributed by atoms with Gasteiger partial charge in [-0.05, 0) is 29.3 Å². The molecular formula is C25H23FN6O2. The van der Waals surface area contributed by atoms with Crippen molar-refractivity contribution < 1.29 is 9.18 Å². The zero-order chi connectivity index (χ0) is 23.7. The van der Waals surface area contributed by atoms with Gasteiger partial charge in [0.25, 0.3) is 5.56 Å². The summed E-state index contributed by atoms with van der Waals surface area (Å²) in [5.74, 6) is -0.437. The number of benzene rings is 2. The van der Waals surface area contributed by atoms with Crippen LogP contribution in [0.25, 0.3) is 21.9 Å². The van der Waals surface area contributed by atoms with Crippen LogP contribution in [0.4, 0.5) is 4.39 Å². The number of nitrogens with one attached hydrogen (secondary N) is 1. The normalized spacial score (nSPS) is 11.4. The van der Waals surface area contributed by atoms with E-state index in [9.17, 15) is 14.0 Å². The van der Waals surface area contributed by atoms with Gasteiger partial charge in [0.05, 0.1) is 25.7 Å². The molecule has 172 valence electrons. The van der Waals surface area contributed by atoms with Crippen molar-refractivity contribution in [2.45, 2.75) is 19.5 Å². The van der Waals surface area contributed by atoms with Crippen molar-refractivity contribution in [1.29, 1.82) is 0 Å². The third kappa shape index (κ3) is 4.19. The van der Waals surface area contributed by atoms with Crippen LogP contribution >= 0.6 is 0 Å². The van der Waals surface area contributed by atoms with Crippen LogP contribution in [0.5, 0.6) is 0 Å². The number of halogens is 1. The van der Waals surface area contributed by atoms with Crippen LogP contribution in [0, 0.1) is 5.82 Å². The standard InChI is InChI=1S/C25H23FN6O2/c1-30-15-18(20-7-2-3-8-22(20)30)12-23(33)27-9-10-32-24-21(13-29-32)25(34)31(16-28-24)14-17-5-4-6-19(26)11-17/h2-8,11,13,15-16H,9-10,12,14H2,1H3,(H,27,33). The lowest BCUT2D eigenvalue weighted by atomic mass is 10.1. The van der Waals surface area contributed by atoms with Gasteiger partial charge in [0.2, 0.25) is 5.91 Å². The molecule has 0 saturated carbocycles. The molecule has 0 unspecified atom stereocenters. The summed E-state index contributed by atoms with van der Waals surface area (Å²) in [6.45, 7) is 0.953. The van der Waals surface area contributed by atoms with E-state index < -0.39 is 0 Å². The van der Waals surface area contributed by atoms with Gasteiger partial charge in [0.15, 0.2) is 5.65 Å². The fourth-order valence-corrected chi connectivity index (χ4v) is 4.21. The summed E-state index contributed by atoms with van der Waals surface area (Å²) < 4.78 is 18.5. The van der Waals surface area contributed by atoms with Gasteiger partial charge in [-0.1, -0.05) is 30.3 Å². The lowest BCUT2D eigenvalue weighted by Gasteiger charge is -2.08. The largest absolute Gasteiger partial charge is 0.354 e. The fraction of sp³-hybridized carbons (Fsp3) is 0.200. The molecule has 1 N–H and O–H groups in total. The quantitative estimate of drug-likeness (QED) is 0.406. The SMILES string of the molecule is Cn1cc(CC(=O)NCCn2ncc3c(=O)n(Cc4cccc(F)c4)cnc32)c2ccccc21. The number of carbonyl (C=O) groups excluding carboxylic acids is 1. The predicted octanol–water partition coefficient (Wildman–Crippen LogP) is 2.63. The maximum Gasteiger partial charge on any atom is 0.264 e. The molecular weight excluding hydrogens is 435 g/mol. The van der Waals surface area contributed by atoms with Crippen LogP contribution in [-0.2, 0) is 31.4 Å². The molecule has 3 aromatic heterocycles. The predicted molar refractivity (Wildman–Crippen MR) is 127 cm³/mol. The number of fused-ring (bicyclic) bond motifs is 2. The first kappa shape index (κ1) is 21.6. The van der Waals surface area contributed by atoms with E-state index in [-0.39, 0.29) is 30.2 Å². The Kier molecular flexibility index (Phi) is 5.67. The number of hydrogen-bond donors (Lipinski definition) is 1. The van der Waals surface area contributed by atoms with Gasteiger partial charge >= 0.3 is 0 Å². The Morgan fingerprint density at radius 3 is 2.82 bits per heavy atom. The molecule has 5 rings (SSSR count). The van der Waals surface area contributed by atoms with Gasteiger partial charge in [-0.25, -0.2) is 14.1 Å². The fourth-order valence-electron chi connectivity index (χ4n) is 4.21. The number of rotatable bonds is 7. The van der Waals surface area contributed by atoms with Gasteiger partial charge < -0.3 is 9.88 Å². The highest BCUT2D eigenvalue weighted by Crippen LogP contribution is 2.20. The van der Waals surface area contributed by atoms with Crippen molar-refractivity contribution in [3.05, 3.63) is 94.5 Å². The number of para-hydroxylation sites is 1. The van der Waals surface area contributed by atoms with Crippen LogP contribution in [0.1, 0.15) is 11.1 Å². The minimum absolute atomic E-state index is 0.0850. The lowest BCUT2D eigenvalue weighted by Crippen LogP contribution is -2.29. The minimum Gasteiger partial charge on any atom is -0.354 e. The molecule has 0 bridgehead atoms. The Balaban J connectivity index is 1.24. The third-order valence-corrected chi connectivity index (χ3v) is 5.84. The molecule has 3 heterocycles. The Bertz CT molecular complexity index is 1570. The van der Waals surface area contributed by atoms with Gasteiger partial charge in [-0.3, -0.25) is 14.2 Å². The maximum absolute atomic E-state index is 13.4. The lowest BCUT2D eigenvalue weighted by molar-refractivity contribution is -0.120. The highest BCUT2D eigenvalue weighted by atomic mass is 19.1. The summed E-state index contributed by atoms with van der Waals surface area (Å²) in [5, 5.41) is 8.63. The molecule has 8 nitrogen and oxygen atoms in total. The topological polar surface area (TPSA) is 86.7 Å². The summed E-state index contributed by atoms with van der Waals surface area (Å²) in [6.07, 6.45) is 5.17. The second-order valence-electron chi connectivity index (χ2n) is 8.22. The summed E-state index contributed by atoms with van der Waals surface area (Å²) in [4.78, 5) is 29.7. The van der Waals surface area contributed by atoms with Gasteiger partial charge in [0.1, 0.15) is 17.5 Å². The van der Waals surface area contributed by atoms with E-state index in [0.717, 1.165) is 16.5 Å². The number of amides is 1. The van der Waals surface area contributed by atoms with E-state index in [4.69, 9.17) is 0 Å². The molecule has 0 radical (unpaired) electrons. The molecule has 0 saturated heterocycles. The monoisotopic (exact) mass is 458 g/mol. The molecule has 34 heavy (non-hydrogen) atoms. The molecule has 0 aliphatic carbocycles. The second kappa shape index (κ2) is 8.93. The Morgan fingerprint density at radius 2 is 1.97 bits per heavy atom. The third-order valence-electron chi connectivity index (χ3n) is 5.84. The number of aromatic nitrogens is 5. The van der Waals surface area contributed by atoms with Crippen molar-refractivity contribution >= 4 is 27.8 Å². The highest BCUT2D eigenvalue weighted by Gasteiger charge is 2.13. The highest BCUT2D eigenvalue weighted by molar-refractivity contribution is 5.89. The van der Waals surface area contributed by atoms with Gasteiger partial charge in [-0.2, -0.15) is 5.10 Å². The molecule has 1 amide bonds. The molecule has 0 spiro atoms. The molecule has 9 heteroatoms. The van der Waals surface area contributed by atoms with Gasteiger partial charge in [-0.15, -0.1) is 0 Å². The molecule has 2 aromatic carbocycles. The second-order valence-corrected chi connectivity index (χ2v) is 8.22. The van der Waals surface area contributed by atoms with E-state index in [2.05, 4.69) is 15.4 Å². The number of carbonyl (C=O) groups is 1. The first-order chi connectivity index (χ1) is 16.5. The van der Waals surface area contributed by atoms with Crippen molar-refractivity contribution in [1.82, 2.24) is 29.2 Å². The molecule has 0 aliphatic rings. The number of nitrogens with zero attached hydrogens (tertiary/aromatic N) is 5. The summed E-state index contributed by atoms with van der Waals surface area (Å²) in [7, 11) is 1.96. The number of hydrogen-bond acceptors (Lipinski definition) is 4. The van der Waals surface area contributed by atoms with Crippen LogP contribution in [0.3, 0.4) is 0 Å². The van der Waals surface area contributed by atoms with E-state index in [0.29, 0.717) is 29.7 Å². The van der Waals surface area contributed by atoms with Crippen molar-refractivity contribution in [2.24, 2.45) is 7.05 Å². The zero-order valence-electron chi connectivity index (χ0n) is 18.6. The average molecular weight is 458 g/mol. The summed E-state index contributed by atoms with van der Waals surface area (Å²) in [6, 6.07) is 14.1. The van der Waals surface area contributed by atoms with Crippen LogP contribution in [0.15, 0.2) is 72.0 Å². The first-order valence-corrected chi connectivity index (χ1v) is 10.9. The van der Waals surface area contributed by atoms with Crippen molar-refractivity contribution in [3.8, 4) is 0 Å². The Labute approximate surface area is 194 Å². The first-order valence-electron chi connectivity index (χ1n) is 10.9.